The van der Waals surface area contributed by atoms with E-state index >= 15 is 0 Å². The van der Waals surface area contributed by atoms with E-state index in [1.165, 1.54) is 5.57 Å². The lowest BCUT2D eigenvalue weighted by atomic mass is 9.20. The predicted octanol–water partition coefficient (Wildman–Crippen LogP) is 3.03. The van der Waals surface area contributed by atoms with E-state index in [1.54, 1.807) is 0 Å². The highest BCUT2D eigenvalue weighted by atomic mass is 16.3. The van der Waals surface area contributed by atoms with E-state index in [4.69, 9.17) is 11.5 Å². The number of dihydropyridines is 1. The fraction of sp³-hybridized carbons (Fsp3) is 0.690. The highest BCUT2D eigenvalue weighted by molar-refractivity contribution is 5.44. The molecule has 36 heavy (non-hydrogen) atoms. The van der Waals surface area contributed by atoms with Gasteiger partial charge < -0.3 is 32.1 Å². The summed E-state index contributed by atoms with van der Waals surface area (Å²) in [6.07, 6.45) is 8.22. The van der Waals surface area contributed by atoms with Crippen LogP contribution in [0.5, 0.6) is 0 Å². The summed E-state index contributed by atoms with van der Waals surface area (Å²) in [7, 11) is 0. The van der Waals surface area contributed by atoms with Crippen molar-refractivity contribution in [2.45, 2.75) is 79.5 Å². The first-order chi connectivity index (χ1) is 16.9. The number of aliphatic hydroxyl groups excluding tert-OH is 3. The van der Waals surface area contributed by atoms with Crippen molar-refractivity contribution in [2.24, 2.45) is 39.7 Å². The number of allylic oxidation sites excluding steroid dienone is 2. The molecule has 7 nitrogen and oxygen atoms in total. The molecular formula is C29H46N4O3. The molecule has 2 aliphatic carbocycles. The average Bonchev–Trinajstić information content (AvgIpc) is 2.84. The number of fused-ring (bicyclic) bond motifs is 1. The van der Waals surface area contributed by atoms with Gasteiger partial charge in [0.15, 0.2) is 0 Å². The second-order valence-corrected chi connectivity index (χ2v) is 12.4. The number of nitrogen functional groups attached to an aromatic ring is 1. The molecule has 4 rings (SSSR count). The first kappa shape index (κ1) is 27.1. The van der Waals surface area contributed by atoms with Gasteiger partial charge in [0.2, 0.25) is 0 Å². The van der Waals surface area contributed by atoms with Crippen LogP contribution in [0.15, 0.2) is 29.5 Å². The molecule has 2 fully saturated rings. The Labute approximate surface area is 216 Å². The Bertz CT molecular complexity index is 1050. The number of aryl methyl sites for hydroxylation is 1. The van der Waals surface area contributed by atoms with Crippen LogP contribution in [-0.2, 0) is 19.4 Å². The minimum absolute atomic E-state index is 0.0205. The van der Waals surface area contributed by atoms with E-state index < -0.39 is 0 Å². The Balaban J connectivity index is 1.50. The van der Waals surface area contributed by atoms with Gasteiger partial charge >= 0.3 is 0 Å². The number of aromatic nitrogens is 1. The van der Waals surface area contributed by atoms with Gasteiger partial charge in [0.25, 0.3) is 0 Å². The maximum Gasteiger partial charge on any atom is 0.127 e. The molecular weight excluding hydrogens is 452 g/mol. The third kappa shape index (κ3) is 3.99. The van der Waals surface area contributed by atoms with Gasteiger partial charge in [-0.05, 0) is 88.9 Å². The van der Waals surface area contributed by atoms with E-state index in [1.807, 2.05) is 12.1 Å². The molecule has 8 N–H and O–H groups in total. The number of anilines is 1. The second kappa shape index (κ2) is 9.75. The summed E-state index contributed by atoms with van der Waals surface area (Å²) in [6.45, 7) is 12.1. The van der Waals surface area contributed by atoms with E-state index in [9.17, 15) is 15.3 Å². The molecule has 0 bridgehead atoms. The molecule has 0 amide bonds. The molecule has 7 heteroatoms. The molecule has 1 aromatic heterocycles. The van der Waals surface area contributed by atoms with Crippen LogP contribution in [0, 0.1) is 34.0 Å². The van der Waals surface area contributed by atoms with E-state index in [0.717, 1.165) is 42.5 Å². The number of aliphatic hydroxyl groups is 3. The Hall–Kier alpha value is -1.93. The average molecular weight is 499 g/mol. The van der Waals surface area contributed by atoms with Crippen molar-refractivity contribution in [3.8, 4) is 0 Å². The lowest BCUT2D eigenvalue weighted by Crippen LogP contribution is -2.79. The quantitative estimate of drug-likeness (QED) is 0.292. The molecule has 2 saturated carbocycles. The maximum absolute atomic E-state index is 9.90. The third-order valence-corrected chi connectivity index (χ3v) is 10.8. The molecule has 1 aliphatic heterocycles. The van der Waals surface area contributed by atoms with Gasteiger partial charge in [0, 0.05) is 12.3 Å². The summed E-state index contributed by atoms with van der Waals surface area (Å²) < 4.78 is 0. The van der Waals surface area contributed by atoms with Crippen LogP contribution in [0.1, 0.15) is 70.7 Å². The zero-order valence-electron chi connectivity index (χ0n) is 22.6. The van der Waals surface area contributed by atoms with Crippen molar-refractivity contribution in [3.05, 3.63) is 46.3 Å². The van der Waals surface area contributed by atoms with Crippen molar-refractivity contribution in [1.29, 1.82) is 0 Å². The molecule has 0 spiro atoms. The van der Waals surface area contributed by atoms with Gasteiger partial charge in [-0.3, -0.25) is 0 Å². The summed E-state index contributed by atoms with van der Waals surface area (Å²) in [5.41, 5.74) is 17.6. The van der Waals surface area contributed by atoms with E-state index in [0.29, 0.717) is 35.7 Å². The molecule has 2 heterocycles. The number of hydrogen-bond acceptors (Lipinski definition) is 7. The van der Waals surface area contributed by atoms with Gasteiger partial charge in [-0.2, -0.15) is 0 Å². The number of nitrogens with zero attached hydrogens (tertiary/aromatic N) is 1. The third-order valence-electron chi connectivity index (χ3n) is 10.8. The van der Waals surface area contributed by atoms with Crippen LogP contribution in [0.25, 0.3) is 0 Å². The number of nitrogens with one attached hydrogen (secondary N) is 1. The highest BCUT2D eigenvalue weighted by Gasteiger charge is 2.79. The largest absolute Gasteiger partial charge is 0.396 e. The second-order valence-electron chi connectivity index (χ2n) is 12.4. The van der Waals surface area contributed by atoms with Gasteiger partial charge in [-0.25, -0.2) is 4.98 Å². The fourth-order valence-corrected chi connectivity index (χ4v) is 8.28. The minimum atomic E-state index is -0.233. The van der Waals surface area contributed by atoms with Crippen molar-refractivity contribution in [3.63, 3.8) is 0 Å². The number of hydrogen-bond donors (Lipinski definition) is 6. The smallest absolute Gasteiger partial charge is 0.127 e. The monoisotopic (exact) mass is 498 g/mol. The van der Waals surface area contributed by atoms with Crippen LogP contribution in [0.3, 0.4) is 0 Å². The van der Waals surface area contributed by atoms with Crippen molar-refractivity contribution in [1.82, 2.24) is 10.3 Å². The van der Waals surface area contributed by atoms with Crippen LogP contribution in [0.4, 0.5) is 5.82 Å². The van der Waals surface area contributed by atoms with Crippen LogP contribution >= 0.6 is 0 Å². The zero-order valence-corrected chi connectivity index (χ0v) is 22.6. The molecule has 0 aromatic carbocycles. The summed E-state index contributed by atoms with van der Waals surface area (Å²) in [5.74, 6) is 2.25. The lowest BCUT2D eigenvalue weighted by Gasteiger charge is -2.84. The van der Waals surface area contributed by atoms with Crippen LogP contribution < -0.4 is 16.8 Å². The summed E-state index contributed by atoms with van der Waals surface area (Å²) in [5, 5.41) is 31.9. The molecule has 5 atom stereocenters. The first-order valence-electron chi connectivity index (χ1n) is 13.5. The van der Waals surface area contributed by atoms with Gasteiger partial charge in [0.1, 0.15) is 5.82 Å². The molecule has 1 aromatic rings. The zero-order chi connectivity index (χ0) is 26.5. The Kier molecular flexibility index (Phi) is 7.34. The summed E-state index contributed by atoms with van der Waals surface area (Å²) in [4.78, 5) is 4.44. The molecule has 0 radical (unpaired) electrons. The molecule has 3 aliphatic rings. The molecule has 0 saturated heterocycles. The van der Waals surface area contributed by atoms with Crippen molar-refractivity contribution < 1.29 is 15.3 Å². The maximum atomic E-state index is 9.90. The Morgan fingerprint density at radius 2 is 1.53 bits per heavy atom. The van der Waals surface area contributed by atoms with Gasteiger partial charge in [0.05, 0.1) is 25.1 Å². The predicted molar refractivity (Wildman–Crippen MR) is 143 cm³/mol. The number of pyridine rings is 1. The number of rotatable bonds is 10. The fourth-order valence-electron chi connectivity index (χ4n) is 8.28. The van der Waals surface area contributed by atoms with E-state index in [2.05, 4.69) is 51.0 Å². The van der Waals surface area contributed by atoms with Gasteiger partial charge in [-0.1, -0.05) is 46.8 Å². The highest BCUT2D eigenvalue weighted by Crippen LogP contribution is 2.84. The SMILES string of the molecule is CC1(C)C(CCC2=CC=C(CO)NC2N)C2C(CCc3cc(CCO)c(N)nc3CO)C(C)(C)[C@]21C. The van der Waals surface area contributed by atoms with E-state index in [-0.39, 0.29) is 42.2 Å². The first-order valence-corrected chi connectivity index (χ1v) is 13.5. The van der Waals surface area contributed by atoms with Crippen LogP contribution in [0.2, 0.25) is 0 Å². The molecule has 4 unspecified atom stereocenters. The van der Waals surface area contributed by atoms with Crippen LogP contribution in [-0.4, -0.2) is 39.7 Å². The normalized spacial score (nSPS) is 31.9. The molecule has 200 valence electrons. The topological polar surface area (TPSA) is 138 Å². The standard InChI is InChI=1S/C29H46N4O3/c1-27(2)21(10-7-17-6-9-20(15-35)32-25(17)30)24-22(28(3,4)29(24,27)5)11-8-18-14-19(12-13-34)26(31)33-23(18)16-36/h6,9,14,21-22,24-25,32,34-36H,7-8,10-13,15-16,30H2,1-5H3,(H2,31,33)/t21?,22?,24?,25?,29-/m1/s1. The Morgan fingerprint density at radius 3 is 2.08 bits per heavy atom. The van der Waals surface area contributed by atoms with Crippen molar-refractivity contribution >= 4 is 5.82 Å². The number of nitrogens with two attached hydrogens (primary N) is 2. The Morgan fingerprint density at radius 1 is 0.889 bits per heavy atom. The van der Waals surface area contributed by atoms with Gasteiger partial charge in [-0.15, -0.1) is 0 Å². The summed E-state index contributed by atoms with van der Waals surface area (Å²) >= 11 is 0. The minimum Gasteiger partial charge on any atom is -0.396 e. The summed E-state index contributed by atoms with van der Waals surface area (Å²) in [6, 6.07) is 2.04. The van der Waals surface area contributed by atoms with Crippen molar-refractivity contribution in [2.75, 3.05) is 18.9 Å². The lowest BCUT2D eigenvalue weighted by molar-refractivity contribution is -0.366.